The Kier molecular flexibility index (Phi) is 6.13. The van der Waals surface area contributed by atoms with Gasteiger partial charge in [-0.15, -0.1) is 0 Å². The maximum atomic E-state index is 13.8. The Morgan fingerprint density at radius 3 is 2.52 bits per heavy atom. The number of carbonyl (C=O) groups excluding carboxylic acids is 1. The number of fused-ring (bicyclic) bond motifs is 1. The topological polar surface area (TPSA) is 79.4 Å². The number of hydrogen-bond acceptors (Lipinski definition) is 4. The highest BCUT2D eigenvalue weighted by Crippen LogP contribution is 2.37. The lowest BCUT2D eigenvalue weighted by Crippen LogP contribution is -2.47. The van der Waals surface area contributed by atoms with Gasteiger partial charge in [0.15, 0.2) is 0 Å². The van der Waals surface area contributed by atoms with Gasteiger partial charge in [-0.3, -0.25) is 9.78 Å². The molecule has 1 aliphatic rings. The van der Waals surface area contributed by atoms with Gasteiger partial charge in [0.2, 0.25) is 10.0 Å². The van der Waals surface area contributed by atoms with Gasteiger partial charge >= 0.3 is 6.18 Å². The van der Waals surface area contributed by atoms with Gasteiger partial charge in [0.05, 0.1) is 22.4 Å². The fourth-order valence-corrected chi connectivity index (χ4v) is 4.96. The molecule has 2 aromatic rings. The predicted molar refractivity (Wildman–Crippen MR) is 103 cm³/mol. The monoisotopic (exact) mass is 429 g/mol. The molecule has 3 rings (SSSR count). The first-order valence-electron chi connectivity index (χ1n) is 9.36. The molecule has 0 unspecified atom stereocenters. The van der Waals surface area contributed by atoms with E-state index < -0.39 is 33.2 Å². The maximum absolute atomic E-state index is 13.8. The maximum Gasteiger partial charge on any atom is 0.417 e. The van der Waals surface area contributed by atoms with Crippen LogP contribution in [-0.4, -0.2) is 49.1 Å². The number of amides is 1. The van der Waals surface area contributed by atoms with Crippen molar-refractivity contribution in [1.29, 1.82) is 0 Å². The molecular weight excluding hydrogens is 407 g/mol. The summed E-state index contributed by atoms with van der Waals surface area (Å²) in [6.07, 6.45) is -2.55. The van der Waals surface area contributed by atoms with Crippen LogP contribution in [0.3, 0.4) is 0 Å². The number of nitrogens with zero attached hydrogens (tertiary/aromatic N) is 2. The molecule has 1 aliphatic heterocycles. The van der Waals surface area contributed by atoms with E-state index in [1.165, 1.54) is 23.1 Å². The number of para-hydroxylation sites is 1. The van der Waals surface area contributed by atoms with Crippen molar-refractivity contribution in [3.8, 4) is 0 Å². The summed E-state index contributed by atoms with van der Waals surface area (Å²) >= 11 is 0. The summed E-state index contributed by atoms with van der Waals surface area (Å²) in [6.45, 7) is 2.10. The lowest BCUT2D eigenvalue weighted by molar-refractivity contribution is -0.136. The quantitative estimate of drug-likeness (QED) is 0.792. The largest absolute Gasteiger partial charge is 0.417 e. The summed E-state index contributed by atoms with van der Waals surface area (Å²) in [5.41, 5.74) is -1.31. The second kappa shape index (κ2) is 8.27. The van der Waals surface area contributed by atoms with Crippen LogP contribution in [0.4, 0.5) is 13.2 Å². The highest BCUT2D eigenvalue weighted by molar-refractivity contribution is 7.89. The summed E-state index contributed by atoms with van der Waals surface area (Å²) in [6, 6.07) is 5.50. The first kappa shape index (κ1) is 21.5. The molecule has 0 spiro atoms. The van der Waals surface area contributed by atoms with Crippen LogP contribution in [0.2, 0.25) is 0 Å². The van der Waals surface area contributed by atoms with Gasteiger partial charge in [-0.2, -0.15) is 13.2 Å². The van der Waals surface area contributed by atoms with Gasteiger partial charge in [0.1, 0.15) is 0 Å². The molecule has 0 bridgehead atoms. The third-order valence-corrected chi connectivity index (χ3v) is 6.53. The molecule has 1 aromatic carbocycles. The van der Waals surface area contributed by atoms with Crippen LogP contribution >= 0.6 is 0 Å². The Morgan fingerprint density at radius 2 is 1.90 bits per heavy atom. The molecule has 158 valence electrons. The van der Waals surface area contributed by atoms with E-state index in [1.54, 1.807) is 13.0 Å². The first-order chi connectivity index (χ1) is 13.6. The molecule has 6 nitrogen and oxygen atoms in total. The van der Waals surface area contributed by atoms with Crippen LogP contribution in [0.5, 0.6) is 0 Å². The third-order valence-electron chi connectivity index (χ3n) is 4.89. The molecule has 1 N–H and O–H groups in total. The number of sulfonamides is 1. The smallest absolute Gasteiger partial charge is 0.338 e. The predicted octanol–water partition coefficient (Wildman–Crippen LogP) is 3.19. The van der Waals surface area contributed by atoms with Crippen LogP contribution in [0.15, 0.2) is 30.5 Å². The lowest BCUT2D eigenvalue weighted by Gasteiger charge is -2.32. The van der Waals surface area contributed by atoms with Crippen LogP contribution < -0.4 is 4.72 Å². The van der Waals surface area contributed by atoms with E-state index in [0.29, 0.717) is 19.3 Å². The molecule has 1 amide bonds. The number of hydrogen-bond donors (Lipinski definition) is 1. The number of alkyl halides is 3. The summed E-state index contributed by atoms with van der Waals surface area (Å²) in [7, 11) is -3.38. The number of nitrogens with one attached hydrogen (secondary N) is 1. The van der Waals surface area contributed by atoms with Crippen molar-refractivity contribution in [2.75, 3.05) is 18.8 Å². The molecule has 29 heavy (non-hydrogen) atoms. The molecule has 1 fully saturated rings. The number of likely N-dealkylation sites (tertiary alicyclic amines) is 1. The van der Waals surface area contributed by atoms with E-state index in [2.05, 4.69) is 9.71 Å². The van der Waals surface area contributed by atoms with Gasteiger partial charge in [0, 0.05) is 30.7 Å². The molecular formula is C19H22F3N3O3S. The standard InChI is InChI=1S/C19H22F3N3O3S/c1-2-11-29(27,28)24-13-7-9-25(10-8-13)18(26)15-12-23-16-6-4-3-5-14(16)17(15)19(20,21)22/h3-6,12-13,24H,2,7-11H2,1H3. The molecule has 0 aliphatic carbocycles. The average Bonchev–Trinajstić information content (AvgIpc) is 2.66. The molecule has 0 radical (unpaired) electrons. The minimum Gasteiger partial charge on any atom is -0.338 e. The van der Waals surface area contributed by atoms with Crippen molar-refractivity contribution in [3.63, 3.8) is 0 Å². The van der Waals surface area contributed by atoms with E-state index >= 15 is 0 Å². The van der Waals surface area contributed by atoms with Gasteiger partial charge in [-0.1, -0.05) is 25.1 Å². The molecule has 0 atom stereocenters. The number of piperidine rings is 1. The first-order valence-corrected chi connectivity index (χ1v) is 11.0. The number of halogens is 3. The Labute approximate surface area is 167 Å². The average molecular weight is 429 g/mol. The number of aromatic nitrogens is 1. The van der Waals surface area contributed by atoms with Crippen LogP contribution in [0.1, 0.15) is 42.1 Å². The minimum absolute atomic E-state index is 0.0177. The van der Waals surface area contributed by atoms with Crippen molar-refractivity contribution >= 4 is 26.8 Å². The fraction of sp³-hybridized carbons (Fsp3) is 0.474. The second-order valence-corrected chi connectivity index (χ2v) is 8.94. The normalized spacial score (nSPS) is 16.3. The van der Waals surface area contributed by atoms with Crippen molar-refractivity contribution < 1.29 is 26.4 Å². The van der Waals surface area contributed by atoms with E-state index in [0.717, 1.165) is 6.20 Å². The highest BCUT2D eigenvalue weighted by atomic mass is 32.2. The number of carbonyl (C=O) groups is 1. The Hall–Kier alpha value is -2.20. The van der Waals surface area contributed by atoms with Crippen molar-refractivity contribution in [1.82, 2.24) is 14.6 Å². The van der Waals surface area contributed by atoms with E-state index in [9.17, 15) is 26.4 Å². The zero-order valence-electron chi connectivity index (χ0n) is 15.9. The van der Waals surface area contributed by atoms with Crippen molar-refractivity contribution in [2.24, 2.45) is 0 Å². The number of benzene rings is 1. The Balaban J connectivity index is 1.81. The van der Waals surface area contributed by atoms with Gasteiger partial charge < -0.3 is 4.90 Å². The molecule has 1 saturated heterocycles. The third kappa shape index (κ3) is 4.87. The Morgan fingerprint density at radius 1 is 1.24 bits per heavy atom. The second-order valence-electron chi connectivity index (χ2n) is 7.06. The summed E-state index contributed by atoms with van der Waals surface area (Å²) in [5.74, 6) is -0.727. The summed E-state index contributed by atoms with van der Waals surface area (Å²) in [5, 5.41) is -0.118. The molecule has 0 saturated carbocycles. The Bertz CT molecular complexity index is 1000. The van der Waals surface area contributed by atoms with Gasteiger partial charge in [-0.25, -0.2) is 13.1 Å². The zero-order valence-corrected chi connectivity index (χ0v) is 16.7. The summed E-state index contributed by atoms with van der Waals surface area (Å²) < 4.78 is 67.6. The highest BCUT2D eigenvalue weighted by Gasteiger charge is 2.39. The van der Waals surface area contributed by atoms with Gasteiger partial charge in [0.25, 0.3) is 5.91 Å². The van der Waals surface area contributed by atoms with E-state index in [-0.39, 0.29) is 35.8 Å². The van der Waals surface area contributed by atoms with Gasteiger partial charge in [-0.05, 0) is 25.3 Å². The van der Waals surface area contributed by atoms with Crippen molar-refractivity contribution in [2.45, 2.75) is 38.4 Å². The fourth-order valence-electron chi connectivity index (χ4n) is 3.56. The molecule has 10 heteroatoms. The van der Waals surface area contributed by atoms with E-state index in [4.69, 9.17) is 0 Å². The van der Waals surface area contributed by atoms with Crippen LogP contribution in [0, 0.1) is 0 Å². The van der Waals surface area contributed by atoms with E-state index in [1.807, 2.05) is 0 Å². The minimum atomic E-state index is -4.71. The SMILES string of the molecule is CCCS(=O)(=O)NC1CCN(C(=O)c2cnc3ccccc3c2C(F)(F)F)CC1. The molecule has 1 aromatic heterocycles. The number of pyridine rings is 1. The zero-order chi connectivity index (χ0) is 21.2. The van der Waals surface area contributed by atoms with Crippen molar-refractivity contribution in [3.05, 3.63) is 41.6 Å². The molecule has 2 heterocycles. The lowest BCUT2D eigenvalue weighted by atomic mass is 10.00. The van der Waals surface area contributed by atoms with Crippen LogP contribution in [-0.2, 0) is 16.2 Å². The van der Waals surface area contributed by atoms with Crippen LogP contribution in [0.25, 0.3) is 10.9 Å². The number of rotatable bonds is 5. The summed E-state index contributed by atoms with van der Waals surface area (Å²) in [4.78, 5) is 18.2.